The number of nitrogens with zero attached hydrogens (tertiary/aromatic N) is 1. The summed E-state index contributed by atoms with van der Waals surface area (Å²) in [4.78, 5) is 1.48. The molecule has 1 unspecified atom stereocenters. The molecule has 1 saturated heterocycles. The van der Waals surface area contributed by atoms with E-state index in [4.69, 9.17) is 4.74 Å². The maximum atomic E-state index is 12.5. The van der Waals surface area contributed by atoms with Crippen molar-refractivity contribution in [1.29, 1.82) is 0 Å². The van der Waals surface area contributed by atoms with Crippen LogP contribution in [0.1, 0.15) is 30.6 Å². The van der Waals surface area contributed by atoms with Gasteiger partial charge in [0.05, 0.1) is 11.0 Å². The van der Waals surface area contributed by atoms with Gasteiger partial charge in [-0.2, -0.15) is 4.31 Å². The van der Waals surface area contributed by atoms with Gasteiger partial charge < -0.3 is 10.1 Å². The molecule has 3 rings (SSSR count). The predicted molar refractivity (Wildman–Crippen MR) is 83.0 cm³/mol. The summed E-state index contributed by atoms with van der Waals surface area (Å²) in [6, 6.07) is 2.43. The van der Waals surface area contributed by atoms with Gasteiger partial charge in [0.15, 0.2) is 0 Å². The Labute approximate surface area is 130 Å². The van der Waals surface area contributed by atoms with Gasteiger partial charge in [0.25, 0.3) is 0 Å². The Morgan fingerprint density at radius 3 is 2.90 bits per heavy atom. The van der Waals surface area contributed by atoms with Crippen LogP contribution in [0.5, 0.6) is 0 Å². The average Bonchev–Trinajstić information content (AvgIpc) is 2.93. The monoisotopic (exact) mass is 330 g/mol. The molecule has 1 aromatic rings. The lowest BCUT2D eigenvalue weighted by molar-refractivity contribution is 0.0979. The van der Waals surface area contributed by atoms with Crippen molar-refractivity contribution in [2.75, 3.05) is 20.2 Å². The van der Waals surface area contributed by atoms with Crippen molar-refractivity contribution in [2.45, 2.75) is 49.3 Å². The molecule has 1 N–H and O–H groups in total. The van der Waals surface area contributed by atoms with Crippen LogP contribution in [0.4, 0.5) is 0 Å². The van der Waals surface area contributed by atoms with Gasteiger partial charge in [-0.15, -0.1) is 11.3 Å². The van der Waals surface area contributed by atoms with Crippen molar-refractivity contribution in [3.05, 3.63) is 16.3 Å². The first-order valence-corrected chi connectivity index (χ1v) is 9.76. The Hall–Kier alpha value is -0.470. The highest BCUT2D eigenvalue weighted by Crippen LogP contribution is 2.25. The number of thiophene rings is 1. The fourth-order valence-corrected chi connectivity index (χ4v) is 4.89. The van der Waals surface area contributed by atoms with Crippen molar-refractivity contribution in [2.24, 2.45) is 0 Å². The van der Waals surface area contributed by atoms with E-state index >= 15 is 0 Å². The van der Waals surface area contributed by atoms with E-state index in [9.17, 15) is 8.42 Å². The molecule has 1 aromatic heterocycles. The second-order valence-electron chi connectivity index (χ2n) is 5.82. The van der Waals surface area contributed by atoms with Crippen LogP contribution in [0.2, 0.25) is 0 Å². The Kier molecular flexibility index (Phi) is 4.66. The van der Waals surface area contributed by atoms with E-state index in [1.807, 2.05) is 0 Å². The van der Waals surface area contributed by atoms with E-state index < -0.39 is 10.0 Å². The zero-order valence-corrected chi connectivity index (χ0v) is 13.9. The van der Waals surface area contributed by atoms with Crippen LogP contribution in [0.3, 0.4) is 0 Å². The third-order valence-corrected chi connectivity index (χ3v) is 6.85. The van der Waals surface area contributed by atoms with Gasteiger partial charge in [-0.1, -0.05) is 0 Å². The van der Waals surface area contributed by atoms with Gasteiger partial charge in [0.1, 0.15) is 0 Å². The smallest absolute Gasteiger partial charge is 0.243 e. The molecule has 0 aromatic carbocycles. The maximum absolute atomic E-state index is 12.5. The molecule has 7 heteroatoms. The first-order chi connectivity index (χ1) is 10.1. The molecule has 1 aliphatic carbocycles. The number of sulfonamides is 1. The second kappa shape index (κ2) is 6.34. The van der Waals surface area contributed by atoms with E-state index in [0.717, 1.165) is 30.9 Å². The van der Waals surface area contributed by atoms with Gasteiger partial charge in [0, 0.05) is 43.0 Å². The van der Waals surface area contributed by atoms with Gasteiger partial charge in [-0.25, -0.2) is 8.42 Å². The molecule has 0 amide bonds. The molecule has 2 aliphatic rings. The molecule has 0 spiro atoms. The van der Waals surface area contributed by atoms with E-state index in [1.165, 1.54) is 28.5 Å². The van der Waals surface area contributed by atoms with Crippen LogP contribution < -0.4 is 5.32 Å². The Balaban J connectivity index is 1.62. The number of nitrogens with one attached hydrogen (secondary N) is 1. The molecule has 118 valence electrons. The fraction of sp³-hybridized carbons (Fsp3) is 0.714. The highest BCUT2D eigenvalue weighted by Gasteiger charge is 2.27. The van der Waals surface area contributed by atoms with E-state index in [2.05, 4.69) is 5.32 Å². The first kappa shape index (κ1) is 15.4. The minimum absolute atomic E-state index is 0.0411. The molecule has 0 bridgehead atoms. The van der Waals surface area contributed by atoms with Crippen LogP contribution in [0.25, 0.3) is 0 Å². The average molecular weight is 330 g/mol. The summed E-state index contributed by atoms with van der Waals surface area (Å²) < 4.78 is 32.0. The lowest BCUT2D eigenvalue weighted by Crippen LogP contribution is -2.33. The number of ether oxygens (including phenoxy) is 1. The van der Waals surface area contributed by atoms with Crippen LogP contribution in [-0.2, 0) is 21.3 Å². The molecule has 2 fully saturated rings. The van der Waals surface area contributed by atoms with Gasteiger partial charge in [-0.3, -0.25) is 0 Å². The summed E-state index contributed by atoms with van der Waals surface area (Å²) in [5, 5.41) is 5.15. The highest BCUT2D eigenvalue weighted by atomic mass is 32.2. The summed E-state index contributed by atoms with van der Waals surface area (Å²) >= 11 is 1.51. The quantitative estimate of drug-likeness (QED) is 0.828. The van der Waals surface area contributed by atoms with Crippen LogP contribution in [0.15, 0.2) is 16.3 Å². The van der Waals surface area contributed by atoms with Gasteiger partial charge in [0.2, 0.25) is 10.0 Å². The van der Waals surface area contributed by atoms with Crippen molar-refractivity contribution in [3.8, 4) is 0 Å². The van der Waals surface area contributed by atoms with E-state index in [0.29, 0.717) is 17.5 Å². The summed E-state index contributed by atoms with van der Waals surface area (Å²) in [7, 11) is -1.76. The van der Waals surface area contributed by atoms with Gasteiger partial charge in [-0.05, 0) is 31.7 Å². The van der Waals surface area contributed by atoms with E-state index in [-0.39, 0.29) is 6.10 Å². The summed E-state index contributed by atoms with van der Waals surface area (Å²) in [6.45, 7) is 1.95. The Bertz CT molecular complexity index is 575. The molecule has 1 aliphatic heterocycles. The molecule has 0 radical (unpaired) electrons. The topological polar surface area (TPSA) is 58.6 Å². The number of rotatable bonds is 7. The van der Waals surface area contributed by atoms with Crippen LogP contribution in [0, 0.1) is 0 Å². The minimum atomic E-state index is -3.39. The number of hydrogen-bond donors (Lipinski definition) is 1. The predicted octanol–water partition coefficient (Wildman–Crippen LogP) is 1.80. The third kappa shape index (κ3) is 3.84. The van der Waals surface area contributed by atoms with Crippen LogP contribution >= 0.6 is 11.3 Å². The number of likely N-dealkylation sites (N-methyl/N-ethyl adjacent to an activating group) is 1. The summed E-state index contributed by atoms with van der Waals surface area (Å²) in [5.41, 5.74) is 0. The molecule has 21 heavy (non-hydrogen) atoms. The molecular weight excluding hydrogens is 308 g/mol. The minimum Gasteiger partial charge on any atom is -0.377 e. The van der Waals surface area contributed by atoms with Crippen LogP contribution in [-0.4, -0.2) is 45.1 Å². The number of hydrogen-bond acceptors (Lipinski definition) is 5. The van der Waals surface area contributed by atoms with Gasteiger partial charge >= 0.3 is 0 Å². The lowest BCUT2D eigenvalue weighted by atomic mass is 10.2. The third-order valence-electron chi connectivity index (χ3n) is 3.96. The fourth-order valence-electron chi connectivity index (χ4n) is 2.47. The summed E-state index contributed by atoms with van der Waals surface area (Å²) in [5.74, 6) is 0. The summed E-state index contributed by atoms with van der Waals surface area (Å²) in [6.07, 6.45) is 4.48. The zero-order valence-electron chi connectivity index (χ0n) is 12.2. The van der Waals surface area contributed by atoms with Crippen molar-refractivity contribution in [3.63, 3.8) is 0 Å². The molecular formula is C14H22N2O3S2. The highest BCUT2D eigenvalue weighted by molar-refractivity contribution is 7.89. The van der Waals surface area contributed by atoms with E-state index in [1.54, 1.807) is 18.5 Å². The SMILES string of the molecule is CN(CC1CCCO1)S(=O)(=O)c1csc(CNC2CC2)c1. The molecule has 1 saturated carbocycles. The largest absolute Gasteiger partial charge is 0.377 e. The Morgan fingerprint density at radius 1 is 1.43 bits per heavy atom. The molecule has 5 nitrogen and oxygen atoms in total. The van der Waals surface area contributed by atoms with Crippen molar-refractivity contribution >= 4 is 21.4 Å². The molecule has 2 heterocycles. The first-order valence-electron chi connectivity index (χ1n) is 7.44. The standard InChI is InChI=1S/C14H22N2O3S2/c1-16(9-12-3-2-6-19-12)21(17,18)14-7-13(20-10-14)8-15-11-4-5-11/h7,10-12,15H,2-6,8-9H2,1H3. The Morgan fingerprint density at radius 2 is 2.24 bits per heavy atom. The second-order valence-corrected chi connectivity index (χ2v) is 8.87. The zero-order chi connectivity index (χ0) is 14.9. The maximum Gasteiger partial charge on any atom is 0.243 e. The van der Waals surface area contributed by atoms with Crippen molar-refractivity contribution in [1.82, 2.24) is 9.62 Å². The normalized spacial score (nSPS) is 23.0. The lowest BCUT2D eigenvalue weighted by Gasteiger charge is -2.19. The van der Waals surface area contributed by atoms with Crippen molar-refractivity contribution < 1.29 is 13.2 Å². The molecule has 1 atom stereocenters.